The Kier molecular flexibility index (Phi) is 4.52. The highest BCUT2D eigenvalue weighted by Crippen LogP contribution is 2.36. The van der Waals surface area contributed by atoms with Gasteiger partial charge in [-0.15, -0.1) is 0 Å². The quantitative estimate of drug-likeness (QED) is 0.800. The lowest BCUT2D eigenvalue weighted by Crippen LogP contribution is -2.26. The van der Waals surface area contributed by atoms with E-state index in [1.165, 1.54) is 24.8 Å². The minimum absolute atomic E-state index is 0.168. The van der Waals surface area contributed by atoms with Gasteiger partial charge in [0.25, 0.3) is 0 Å². The maximum Gasteiger partial charge on any atom is 0.338 e. The number of hydrogen-bond donors (Lipinski definition) is 0. The first kappa shape index (κ1) is 15.5. The number of esters is 1. The zero-order valence-electron chi connectivity index (χ0n) is 12.7. The van der Waals surface area contributed by atoms with Gasteiger partial charge in [-0.3, -0.25) is 0 Å². The maximum atomic E-state index is 12.0. The molecule has 4 nitrogen and oxygen atoms in total. The number of carbonyl (C=O) groups is 1. The van der Waals surface area contributed by atoms with Crippen molar-refractivity contribution in [2.75, 3.05) is 18.1 Å². The second kappa shape index (κ2) is 6.41. The number of ether oxygens (including phenoxy) is 1. The van der Waals surface area contributed by atoms with E-state index in [0.29, 0.717) is 30.9 Å². The van der Waals surface area contributed by atoms with Gasteiger partial charge in [0.05, 0.1) is 23.7 Å². The van der Waals surface area contributed by atoms with E-state index in [1.807, 2.05) is 24.3 Å². The third-order valence-corrected chi connectivity index (χ3v) is 6.56. The average Bonchev–Trinajstić information content (AvgIpc) is 2.45. The molecule has 120 valence electrons. The molecule has 3 rings (SSSR count). The first-order valence-corrected chi connectivity index (χ1v) is 9.83. The average molecular weight is 322 g/mol. The van der Waals surface area contributed by atoms with Crippen molar-refractivity contribution >= 4 is 15.8 Å². The third-order valence-electron chi connectivity index (χ3n) is 4.85. The van der Waals surface area contributed by atoms with Gasteiger partial charge in [-0.05, 0) is 55.2 Å². The van der Waals surface area contributed by atoms with E-state index in [9.17, 15) is 13.2 Å². The van der Waals surface area contributed by atoms with Crippen LogP contribution in [0.4, 0.5) is 0 Å². The number of sulfone groups is 1. The summed E-state index contributed by atoms with van der Waals surface area (Å²) >= 11 is 0. The molecule has 1 aliphatic carbocycles. The molecule has 0 N–H and O–H groups in total. The molecule has 2 fully saturated rings. The van der Waals surface area contributed by atoms with E-state index in [-0.39, 0.29) is 23.4 Å². The summed E-state index contributed by atoms with van der Waals surface area (Å²) in [7, 11) is -2.86. The molecule has 5 heteroatoms. The standard InChI is InChI=1S/C17H22O4S/c18-17(21-12-13-8-10-22(19,20)11-9-13)16-6-4-15(5-7-16)14-2-1-3-14/h4-7,13-14H,1-3,8-12H2. The molecule has 0 atom stereocenters. The Morgan fingerprint density at radius 2 is 1.68 bits per heavy atom. The van der Waals surface area contributed by atoms with Crippen LogP contribution in [0.3, 0.4) is 0 Å². The summed E-state index contributed by atoms with van der Waals surface area (Å²) in [5.74, 6) is 0.945. The Hall–Kier alpha value is -1.36. The van der Waals surface area contributed by atoms with Crippen molar-refractivity contribution < 1.29 is 17.9 Å². The SMILES string of the molecule is O=C(OCC1CCS(=O)(=O)CC1)c1ccc(C2CCC2)cc1. The third kappa shape index (κ3) is 3.69. The first-order chi connectivity index (χ1) is 10.5. The molecule has 0 spiro atoms. The molecule has 0 unspecified atom stereocenters. The van der Waals surface area contributed by atoms with E-state index in [1.54, 1.807) is 0 Å². The summed E-state index contributed by atoms with van der Waals surface area (Å²) in [6, 6.07) is 7.71. The first-order valence-electron chi connectivity index (χ1n) is 8.01. The molecule has 1 aromatic rings. The van der Waals surface area contributed by atoms with Crippen LogP contribution in [-0.2, 0) is 14.6 Å². The fraction of sp³-hybridized carbons (Fsp3) is 0.588. The molecule has 1 saturated carbocycles. The van der Waals surface area contributed by atoms with Gasteiger partial charge in [0.1, 0.15) is 9.84 Å². The van der Waals surface area contributed by atoms with Crippen molar-refractivity contribution in [2.45, 2.75) is 38.0 Å². The molecular formula is C17H22O4S. The lowest BCUT2D eigenvalue weighted by molar-refractivity contribution is 0.0432. The number of rotatable bonds is 4. The Morgan fingerprint density at radius 1 is 1.05 bits per heavy atom. The summed E-state index contributed by atoms with van der Waals surface area (Å²) < 4.78 is 28.1. The van der Waals surface area contributed by atoms with Gasteiger partial charge >= 0.3 is 5.97 Å². The Balaban J connectivity index is 1.49. The predicted molar refractivity (Wildman–Crippen MR) is 84.7 cm³/mol. The van der Waals surface area contributed by atoms with E-state index in [4.69, 9.17) is 4.74 Å². The highest BCUT2D eigenvalue weighted by atomic mass is 32.2. The molecule has 22 heavy (non-hydrogen) atoms. The van der Waals surface area contributed by atoms with Gasteiger partial charge in [0.2, 0.25) is 0 Å². The fourth-order valence-electron chi connectivity index (χ4n) is 3.02. The van der Waals surface area contributed by atoms with Crippen molar-refractivity contribution in [2.24, 2.45) is 5.92 Å². The summed E-state index contributed by atoms with van der Waals surface area (Å²) in [6.45, 7) is 0.318. The second-order valence-electron chi connectivity index (χ2n) is 6.44. The van der Waals surface area contributed by atoms with Crippen molar-refractivity contribution in [1.29, 1.82) is 0 Å². The van der Waals surface area contributed by atoms with E-state index >= 15 is 0 Å². The molecule has 2 aliphatic rings. The van der Waals surface area contributed by atoms with E-state index in [0.717, 1.165) is 0 Å². The molecule has 1 aromatic carbocycles. The Labute approximate surface area is 131 Å². The molecule has 0 radical (unpaired) electrons. The van der Waals surface area contributed by atoms with Gasteiger partial charge in [0, 0.05) is 0 Å². The summed E-state index contributed by atoms with van der Waals surface area (Å²) in [5.41, 5.74) is 1.88. The van der Waals surface area contributed by atoms with Crippen LogP contribution in [0, 0.1) is 5.92 Å². The zero-order chi connectivity index (χ0) is 15.6. The van der Waals surface area contributed by atoms with Crippen LogP contribution in [0.1, 0.15) is 53.9 Å². The Morgan fingerprint density at radius 3 is 2.23 bits per heavy atom. The highest BCUT2D eigenvalue weighted by molar-refractivity contribution is 7.91. The van der Waals surface area contributed by atoms with Gasteiger partial charge in [-0.2, -0.15) is 0 Å². The summed E-state index contributed by atoms with van der Waals surface area (Å²) in [5, 5.41) is 0. The second-order valence-corrected chi connectivity index (χ2v) is 8.75. The van der Waals surface area contributed by atoms with E-state index < -0.39 is 9.84 Å². The smallest absolute Gasteiger partial charge is 0.338 e. The van der Waals surface area contributed by atoms with Crippen molar-refractivity contribution in [3.8, 4) is 0 Å². The minimum atomic E-state index is -2.86. The van der Waals surface area contributed by atoms with Crippen LogP contribution in [0.5, 0.6) is 0 Å². The molecule has 0 bridgehead atoms. The molecular weight excluding hydrogens is 300 g/mol. The maximum absolute atomic E-state index is 12.0. The van der Waals surface area contributed by atoms with Crippen molar-refractivity contribution in [1.82, 2.24) is 0 Å². The summed E-state index contributed by atoms with van der Waals surface area (Å²) in [6.07, 6.45) is 4.97. The Bertz CT molecular complexity index is 615. The van der Waals surface area contributed by atoms with E-state index in [2.05, 4.69) is 0 Å². The number of carbonyl (C=O) groups excluding carboxylic acids is 1. The van der Waals surface area contributed by atoms with Crippen molar-refractivity contribution in [3.05, 3.63) is 35.4 Å². The van der Waals surface area contributed by atoms with Gasteiger partial charge in [0.15, 0.2) is 0 Å². The number of benzene rings is 1. The lowest BCUT2D eigenvalue weighted by Gasteiger charge is -2.25. The van der Waals surface area contributed by atoms with Crippen LogP contribution >= 0.6 is 0 Å². The topological polar surface area (TPSA) is 60.4 Å². The minimum Gasteiger partial charge on any atom is -0.462 e. The van der Waals surface area contributed by atoms with Crippen LogP contribution in [-0.4, -0.2) is 32.5 Å². The predicted octanol–water partition coefficient (Wildman–Crippen LogP) is 2.94. The zero-order valence-corrected chi connectivity index (χ0v) is 13.5. The number of hydrogen-bond acceptors (Lipinski definition) is 4. The van der Waals surface area contributed by atoms with Gasteiger partial charge in [-0.1, -0.05) is 18.6 Å². The fourth-order valence-corrected chi connectivity index (χ4v) is 4.60. The van der Waals surface area contributed by atoms with Crippen LogP contribution in [0.25, 0.3) is 0 Å². The largest absolute Gasteiger partial charge is 0.462 e. The molecule has 1 aliphatic heterocycles. The monoisotopic (exact) mass is 322 g/mol. The lowest BCUT2D eigenvalue weighted by atomic mass is 9.80. The normalized spacial score (nSPS) is 22.0. The molecule has 0 amide bonds. The molecule has 0 aromatic heterocycles. The van der Waals surface area contributed by atoms with Crippen LogP contribution in [0.15, 0.2) is 24.3 Å². The van der Waals surface area contributed by atoms with Gasteiger partial charge < -0.3 is 4.74 Å². The van der Waals surface area contributed by atoms with Crippen molar-refractivity contribution in [3.63, 3.8) is 0 Å². The van der Waals surface area contributed by atoms with Crippen LogP contribution in [0.2, 0.25) is 0 Å². The van der Waals surface area contributed by atoms with Crippen LogP contribution < -0.4 is 0 Å². The summed E-state index contributed by atoms with van der Waals surface area (Å²) in [4.78, 5) is 12.0. The molecule has 1 saturated heterocycles. The highest BCUT2D eigenvalue weighted by Gasteiger charge is 2.25. The van der Waals surface area contributed by atoms with Gasteiger partial charge in [-0.25, -0.2) is 13.2 Å². The molecule has 1 heterocycles.